The summed E-state index contributed by atoms with van der Waals surface area (Å²) < 4.78 is 5.12. The van der Waals surface area contributed by atoms with Gasteiger partial charge < -0.3 is 20.3 Å². The summed E-state index contributed by atoms with van der Waals surface area (Å²) in [6.45, 7) is 0.838. The van der Waals surface area contributed by atoms with E-state index in [1.165, 1.54) is 14.2 Å². The van der Waals surface area contributed by atoms with Gasteiger partial charge in [-0.15, -0.1) is 0 Å². The Morgan fingerprint density at radius 3 is 2.34 bits per heavy atom. The van der Waals surface area contributed by atoms with E-state index in [4.69, 9.17) is 16.3 Å². The number of rotatable bonds is 7. The van der Waals surface area contributed by atoms with E-state index in [1.54, 1.807) is 55.5 Å². The van der Waals surface area contributed by atoms with Gasteiger partial charge >= 0.3 is 6.03 Å². The third kappa shape index (κ3) is 4.83. The molecule has 3 rings (SSSR count). The molecule has 1 atom stereocenters. The van der Waals surface area contributed by atoms with Gasteiger partial charge in [0.05, 0.1) is 13.7 Å². The summed E-state index contributed by atoms with van der Waals surface area (Å²) in [4.78, 5) is 52.2. The van der Waals surface area contributed by atoms with Gasteiger partial charge in [0, 0.05) is 17.8 Å². The lowest BCUT2D eigenvalue weighted by atomic mass is 9.92. The molecule has 1 fully saturated rings. The van der Waals surface area contributed by atoms with Crippen LogP contribution in [0.5, 0.6) is 5.75 Å². The van der Waals surface area contributed by atoms with E-state index in [-0.39, 0.29) is 6.54 Å². The molecular formula is C22H23ClN4O5. The van der Waals surface area contributed by atoms with Crippen molar-refractivity contribution in [3.05, 3.63) is 59.1 Å². The number of hydrogen-bond acceptors (Lipinski definition) is 5. The fraction of sp³-hybridized carbons (Fsp3) is 0.273. The van der Waals surface area contributed by atoms with Crippen molar-refractivity contribution < 1.29 is 23.9 Å². The molecule has 1 saturated heterocycles. The first-order valence-electron chi connectivity index (χ1n) is 9.72. The number of amides is 5. The van der Waals surface area contributed by atoms with Gasteiger partial charge in [0.25, 0.3) is 5.91 Å². The van der Waals surface area contributed by atoms with Crippen LogP contribution in [0, 0.1) is 0 Å². The highest BCUT2D eigenvalue weighted by molar-refractivity contribution is 6.30. The lowest BCUT2D eigenvalue weighted by Crippen LogP contribution is -2.45. The summed E-state index contributed by atoms with van der Waals surface area (Å²) in [6.07, 6.45) is 0. The minimum absolute atomic E-state index is 0.249. The molecule has 10 heteroatoms. The maximum Gasteiger partial charge on any atom is 0.325 e. The van der Waals surface area contributed by atoms with E-state index >= 15 is 0 Å². The van der Waals surface area contributed by atoms with Gasteiger partial charge in [-0.3, -0.25) is 19.3 Å². The number of benzene rings is 2. The molecule has 5 amide bonds. The number of likely N-dealkylation sites (N-methyl/N-ethyl adjacent to an activating group) is 1. The molecule has 1 aliphatic heterocycles. The smallest absolute Gasteiger partial charge is 0.325 e. The number of anilines is 1. The highest BCUT2D eigenvalue weighted by Gasteiger charge is 2.49. The van der Waals surface area contributed by atoms with Crippen LogP contribution in [0.3, 0.4) is 0 Å². The van der Waals surface area contributed by atoms with Crippen LogP contribution in [0.2, 0.25) is 5.02 Å². The van der Waals surface area contributed by atoms with Gasteiger partial charge in [-0.2, -0.15) is 0 Å². The third-order valence-corrected chi connectivity index (χ3v) is 5.42. The second-order valence-corrected chi connectivity index (χ2v) is 7.92. The topological polar surface area (TPSA) is 108 Å². The fourth-order valence-electron chi connectivity index (χ4n) is 3.25. The van der Waals surface area contributed by atoms with Crippen molar-refractivity contribution in [3.8, 4) is 5.75 Å². The quantitative estimate of drug-likeness (QED) is 0.618. The first kappa shape index (κ1) is 23.1. The number of hydrogen-bond donors (Lipinski definition) is 2. The molecule has 0 spiro atoms. The van der Waals surface area contributed by atoms with Gasteiger partial charge in [-0.1, -0.05) is 23.7 Å². The van der Waals surface area contributed by atoms with Crippen molar-refractivity contribution >= 4 is 41.0 Å². The molecular weight excluding hydrogens is 436 g/mol. The Balaban J connectivity index is 1.62. The molecule has 9 nitrogen and oxygen atoms in total. The van der Waals surface area contributed by atoms with E-state index in [9.17, 15) is 19.2 Å². The zero-order valence-corrected chi connectivity index (χ0v) is 18.6. The summed E-state index contributed by atoms with van der Waals surface area (Å²) in [7, 11) is 2.95. The van der Waals surface area contributed by atoms with E-state index in [2.05, 4.69) is 10.6 Å². The Bertz CT molecular complexity index is 1040. The Kier molecular flexibility index (Phi) is 6.69. The van der Waals surface area contributed by atoms with Gasteiger partial charge in [0.15, 0.2) is 0 Å². The summed E-state index contributed by atoms with van der Waals surface area (Å²) in [5.41, 5.74) is -0.222. The highest BCUT2D eigenvalue weighted by atomic mass is 35.5. The molecule has 0 radical (unpaired) electrons. The van der Waals surface area contributed by atoms with Crippen LogP contribution in [-0.2, 0) is 19.9 Å². The summed E-state index contributed by atoms with van der Waals surface area (Å²) >= 11 is 5.82. The second-order valence-electron chi connectivity index (χ2n) is 7.48. The molecule has 2 aromatic carbocycles. The number of halogens is 1. The van der Waals surface area contributed by atoms with E-state index in [0.29, 0.717) is 22.0 Å². The van der Waals surface area contributed by atoms with Crippen LogP contribution < -0.4 is 15.4 Å². The summed E-state index contributed by atoms with van der Waals surface area (Å²) in [6, 6.07) is 12.6. The van der Waals surface area contributed by atoms with Gasteiger partial charge in [-0.25, -0.2) is 4.79 Å². The van der Waals surface area contributed by atoms with Crippen molar-refractivity contribution in [1.82, 2.24) is 15.1 Å². The van der Waals surface area contributed by atoms with E-state index in [1.807, 2.05) is 0 Å². The SMILES string of the molecule is COc1ccc([C@@]2(C)NC(=O)N(CC(=O)N(C)CC(=O)Nc3ccc(Cl)cc3)C2=O)cc1. The van der Waals surface area contributed by atoms with Crippen molar-refractivity contribution in [3.63, 3.8) is 0 Å². The van der Waals surface area contributed by atoms with Crippen molar-refractivity contribution in [2.75, 3.05) is 32.6 Å². The molecule has 0 aromatic heterocycles. The summed E-state index contributed by atoms with van der Waals surface area (Å²) in [5.74, 6) is -0.929. The monoisotopic (exact) mass is 458 g/mol. The molecule has 32 heavy (non-hydrogen) atoms. The number of carbonyl (C=O) groups is 4. The first-order valence-corrected chi connectivity index (χ1v) is 10.1. The van der Waals surface area contributed by atoms with Gasteiger partial charge in [-0.05, 0) is 48.9 Å². The normalized spacial score (nSPS) is 17.7. The van der Waals surface area contributed by atoms with Crippen LogP contribution in [-0.4, -0.2) is 60.8 Å². The minimum atomic E-state index is -1.31. The Hall–Kier alpha value is -3.59. The van der Waals surface area contributed by atoms with Crippen molar-refractivity contribution in [1.29, 1.82) is 0 Å². The molecule has 0 saturated carbocycles. The zero-order chi connectivity index (χ0) is 23.5. The number of imide groups is 1. The maximum absolute atomic E-state index is 13.0. The predicted octanol–water partition coefficient (Wildman–Crippen LogP) is 2.21. The minimum Gasteiger partial charge on any atom is -0.497 e. The Morgan fingerprint density at radius 2 is 1.75 bits per heavy atom. The van der Waals surface area contributed by atoms with Crippen LogP contribution in [0.15, 0.2) is 48.5 Å². The van der Waals surface area contributed by atoms with Crippen LogP contribution in [0.4, 0.5) is 10.5 Å². The van der Waals surface area contributed by atoms with Crippen LogP contribution in [0.1, 0.15) is 12.5 Å². The number of nitrogens with one attached hydrogen (secondary N) is 2. The molecule has 168 valence electrons. The van der Waals surface area contributed by atoms with Crippen LogP contribution in [0.25, 0.3) is 0 Å². The lowest BCUT2D eigenvalue weighted by Gasteiger charge is -2.23. The Morgan fingerprint density at radius 1 is 1.12 bits per heavy atom. The standard InChI is InChI=1S/C22H23ClN4O5/c1-22(14-4-10-17(32-3)11-5-14)20(30)27(21(31)25-22)13-19(29)26(2)12-18(28)24-16-8-6-15(23)7-9-16/h4-11H,12-13H2,1-3H3,(H,24,28)(H,25,31)/t22-/m1/s1. The molecule has 0 aliphatic carbocycles. The molecule has 0 bridgehead atoms. The van der Waals surface area contributed by atoms with Crippen LogP contribution >= 0.6 is 11.6 Å². The zero-order valence-electron chi connectivity index (χ0n) is 17.8. The number of nitrogens with zero attached hydrogens (tertiary/aromatic N) is 2. The lowest BCUT2D eigenvalue weighted by molar-refractivity contribution is -0.139. The molecule has 1 aliphatic rings. The largest absolute Gasteiger partial charge is 0.497 e. The number of carbonyl (C=O) groups excluding carboxylic acids is 4. The van der Waals surface area contributed by atoms with Gasteiger partial charge in [0.1, 0.15) is 17.8 Å². The molecule has 1 heterocycles. The van der Waals surface area contributed by atoms with E-state index in [0.717, 1.165) is 9.80 Å². The average molecular weight is 459 g/mol. The third-order valence-electron chi connectivity index (χ3n) is 5.17. The average Bonchev–Trinajstić information content (AvgIpc) is 2.99. The van der Waals surface area contributed by atoms with Gasteiger partial charge in [0.2, 0.25) is 11.8 Å². The second kappa shape index (κ2) is 9.27. The number of ether oxygens (including phenoxy) is 1. The number of urea groups is 1. The predicted molar refractivity (Wildman–Crippen MR) is 118 cm³/mol. The maximum atomic E-state index is 13.0. The summed E-state index contributed by atoms with van der Waals surface area (Å²) in [5, 5.41) is 5.82. The highest BCUT2D eigenvalue weighted by Crippen LogP contribution is 2.30. The first-order chi connectivity index (χ1) is 15.1. The fourth-order valence-corrected chi connectivity index (χ4v) is 3.38. The molecule has 2 aromatic rings. The van der Waals surface area contributed by atoms with E-state index < -0.39 is 35.8 Å². The van der Waals surface area contributed by atoms with Crippen molar-refractivity contribution in [2.24, 2.45) is 0 Å². The number of methoxy groups -OCH3 is 1. The molecule has 0 unspecified atom stereocenters. The Labute approximate surface area is 190 Å². The van der Waals surface area contributed by atoms with Crippen molar-refractivity contribution in [2.45, 2.75) is 12.5 Å². The molecule has 2 N–H and O–H groups in total.